The van der Waals surface area contributed by atoms with Gasteiger partial charge in [0.25, 0.3) is 0 Å². The van der Waals surface area contributed by atoms with Crippen LogP contribution in [0.2, 0.25) is 0 Å². The Labute approximate surface area is 79.4 Å². The predicted octanol–water partition coefficient (Wildman–Crippen LogP) is 1.18. The smallest absolute Gasteiger partial charge is 0.157 e. The van der Waals surface area contributed by atoms with Crippen LogP contribution in [-0.2, 0) is 14.6 Å². The summed E-state index contributed by atoms with van der Waals surface area (Å²) in [6, 6.07) is 0. The molecule has 0 aromatic rings. The van der Waals surface area contributed by atoms with E-state index in [9.17, 15) is 13.2 Å². The van der Waals surface area contributed by atoms with Gasteiger partial charge in [0.05, 0.1) is 0 Å². The molecular weight excluding hydrogens is 188 g/mol. The van der Waals surface area contributed by atoms with Crippen LogP contribution in [0.4, 0.5) is 0 Å². The zero-order valence-corrected chi connectivity index (χ0v) is 8.72. The minimum Gasteiger partial charge on any atom is -0.302 e. The summed E-state index contributed by atoms with van der Waals surface area (Å²) >= 11 is 0. The van der Waals surface area contributed by atoms with Gasteiger partial charge in [0.1, 0.15) is 11.5 Å². The molecule has 4 heteroatoms. The highest BCUT2D eigenvalue weighted by Gasteiger charge is 2.30. The summed E-state index contributed by atoms with van der Waals surface area (Å²) in [5.41, 5.74) is 0. The molecule has 0 heterocycles. The second-order valence-electron chi connectivity index (χ2n) is 3.83. The van der Waals surface area contributed by atoms with E-state index in [0.717, 1.165) is 31.9 Å². The van der Waals surface area contributed by atoms with Crippen LogP contribution in [0.15, 0.2) is 0 Å². The molecule has 1 aliphatic rings. The maximum Gasteiger partial charge on any atom is 0.157 e. The van der Waals surface area contributed by atoms with Crippen molar-refractivity contribution in [2.24, 2.45) is 5.92 Å². The summed E-state index contributed by atoms with van der Waals surface area (Å²) in [7, 11) is -3.18. The highest BCUT2D eigenvalue weighted by atomic mass is 32.2. The molecule has 0 bridgehead atoms. The van der Waals surface area contributed by atoms with E-state index in [0.29, 0.717) is 6.29 Å². The number of hydrogen-bond donors (Lipinski definition) is 0. The Morgan fingerprint density at radius 2 is 1.77 bits per heavy atom. The van der Waals surface area contributed by atoms with E-state index < -0.39 is 15.1 Å². The zero-order chi connectivity index (χ0) is 9.90. The Balaban J connectivity index is 2.71. The lowest BCUT2D eigenvalue weighted by molar-refractivity contribution is -0.108. The van der Waals surface area contributed by atoms with E-state index in [1.807, 2.05) is 0 Å². The molecule has 76 valence electrons. The van der Waals surface area contributed by atoms with Gasteiger partial charge in [0.2, 0.25) is 0 Å². The van der Waals surface area contributed by atoms with Crippen LogP contribution < -0.4 is 0 Å². The van der Waals surface area contributed by atoms with Gasteiger partial charge in [-0.1, -0.05) is 19.3 Å². The molecule has 0 amide bonds. The number of sulfone groups is 1. The van der Waals surface area contributed by atoms with E-state index in [2.05, 4.69) is 0 Å². The van der Waals surface area contributed by atoms with Crippen LogP contribution in [0, 0.1) is 5.92 Å². The minimum atomic E-state index is -3.18. The lowest BCUT2D eigenvalue weighted by Crippen LogP contribution is -2.31. The number of rotatable bonds is 3. The van der Waals surface area contributed by atoms with E-state index in [1.165, 1.54) is 6.42 Å². The first-order valence-corrected chi connectivity index (χ1v) is 6.65. The van der Waals surface area contributed by atoms with Gasteiger partial charge in [0.15, 0.2) is 9.84 Å². The van der Waals surface area contributed by atoms with Gasteiger partial charge < -0.3 is 4.79 Å². The van der Waals surface area contributed by atoms with Crippen molar-refractivity contribution in [1.29, 1.82) is 0 Å². The van der Waals surface area contributed by atoms with Crippen molar-refractivity contribution >= 4 is 16.1 Å². The molecule has 1 saturated carbocycles. The SMILES string of the molecule is CS(=O)(=O)C(C=O)C1CCCCC1. The van der Waals surface area contributed by atoms with E-state index in [1.54, 1.807) is 0 Å². The number of hydrogen-bond acceptors (Lipinski definition) is 3. The number of aldehydes is 1. The van der Waals surface area contributed by atoms with Crippen LogP contribution in [0.1, 0.15) is 32.1 Å². The molecule has 0 aromatic carbocycles. The standard InChI is InChI=1S/C9H16O3S/c1-13(11,12)9(7-10)8-5-3-2-4-6-8/h7-9H,2-6H2,1H3. The molecule has 0 aliphatic heterocycles. The molecule has 0 saturated heterocycles. The average molecular weight is 204 g/mol. The Bertz CT molecular complexity index is 263. The second-order valence-corrected chi connectivity index (χ2v) is 6.03. The first-order chi connectivity index (χ1) is 6.05. The van der Waals surface area contributed by atoms with Gasteiger partial charge in [-0.05, 0) is 18.8 Å². The first kappa shape index (κ1) is 10.7. The maximum absolute atomic E-state index is 11.2. The van der Waals surface area contributed by atoms with Gasteiger partial charge in [-0.25, -0.2) is 8.42 Å². The third-order valence-electron chi connectivity index (χ3n) is 2.74. The van der Waals surface area contributed by atoms with Crippen LogP contribution in [0.25, 0.3) is 0 Å². The monoisotopic (exact) mass is 204 g/mol. The van der Waals surface area contributed by atoms with Crippen LogP contribution >= 0.6 is 0 Å². The second kappa shape index (κ2) is 4.22. The van der Waals surface area contributed by atoms with Crippen molar-refractivity contribution < 1.29 is 13.2 Å². The van der Waals surface area contributed by atoms with Crippen molar-refractivity contribution in [3.8, 4) is 0 Å². The normalized spacial score (nSPS) is 22.5. The molecule has 3 nitrogen and oxygen atoms in total. The highest BCUT2D eigenvalue weighted by Crippen LogP contribution is 2.28. The topological polar surface area (TPSA) is 51.2 Å². The lowest BCUT2D eigenvalue weighted by Gasteiger charge is -2.25. The Morgan fingerprint density at radius 1 is 1.23 bits per heavy atom. The number of carbonyl (C=O) groups is 1. The largest absolute Gasteiger partial charge is 0.302 e. The molecule has 13 heavy (non-hydrogen) atoms. The van der Waals surface area contributed by atoms with Crippen LogP contribution in [0.3, 0.4) is 0 Å². The summed E-state index contributed by atoms with van der Waals surface area (Å²) in [4.78, 5) is 10.7. The molecule has 1 aliphatic carbocycles. The van der Waals surface area contributed by atoms with Gasteiger partial charge in [-0.3, -0.25) is 0 Å². The van der Waals surface area contributed by atoms with E-state index in [4.69, 9.17) is 0 Å². The van der Waals surface area contributed by atoms with Gasteiger partial charge >= 0.3 is 0 Å². The molecule has 0 N–H and O–H groups in total. The summed E-state index contributed by atoms with van der Waals surface area (Å²) in [5.74, 6) is 0.0706. The molecular formula is C9H16O3S. The van der Waals surface area contributed by atoms with E-state index in [-0.39, 0.29) is 5.92 Å². The maximum atomic E-state index is 11.2. The van der Waals surface area contributed by atoms with Gasteiger partial charge in [0, 0.05) is 6.26 Å². The Kier molecular flexibility index (Phi) is 3.47. The summed E-state index contributed by atoms with van der Waals surface area (Å²) in [6.07, 6.45) is 6.82. The van der Waals surface area contributed by atoms with Gasteiger partial charge in [-0.2, -0.15) is 0 Å². The predicted molar refractivity (Wildman–Crippen MR) is 51.3 cm³/mol. The van der Waals surface area contributed by atoms with Crippen molar-refractivity contribution in [2.45, 2.75) is 37.4 Å². The molecule has 1 rings (SSSR count). The Morgan fingerprint density at radius 3 is 2.15 bits per heavy atom. The van der Waals surface area contributed by atoms with Gasteiger partial charge in [-0.15, -0.1) is 0 Å². The third-order valence-corrected chi connectivity index (χ3v) is 4.23. The fourth-order valence-electron chi connectivity index (χ4n) is 2.02. The van der Waals surface area contributed by atoms with E-state index >= 15 is 0 Å². The quantitative estimate of drug-likeness (QED) is 0.649. The fourth-order valence-corrected chi connectivity index (χ4v) is 3.20. The zero-order valence-electron chi connectivity index (χ0n) is 7.90. The molecule has 0 aromatic heterocycles. The summed E-state index contributed by atoms with van der Waals surface area (Å²) in [6.45, 7) is 0. The minimum absolute atomic E-state index is 0.0706. The molecule has 1 atom stereocenters. The van der Waals surface area contributed by atoms with Crippen LogP contribution in [0.5, 0.6) is 0 Å². The fraction of sp³-hybridized carbons (Fsp3) is 0.889. The molecule has 0 spiro atoms. The molecule has 1 unspecified atom stereocenters. The van der Waals surface area contributed by atoms with Crippen molar-refractivity contribution in [1.82, 2.24) is 0 Å². The first-order valence-electron chi connectivity index (χ1n) is 4.70. The summed E-state index contributed by atoms with van der Waals surface area (Å²) in [5, 5.41) is -0.757. The van der Waals surface area contributed by atoms with Crippen molar-refractivity contribution in [3.05, 3.63) is 0 Å². The third kappa shape index (κ3) is 2.79. The highest BCUT2D eigenvalue weighted by molar-refractivity contribution is 7.92. The molecule has 0 radical (unpaired) electrons. The Hall–Kier alpha value is -0.380. The van der Waals surface area contributed by atoms with Crippen molar-refractivity contribution in [2.75, 3.05) is 6.26 Å². The lowest BCUT2D eigenvalue weighted by atomic mass is 9.87. The molecule has 1 fully saturated rings. The summed E-state index contributed by atoms with van der Waals surface area (Å²) < 4.78 is 22.5. The average Bonchev–Trinajstić information content (AvgIpc) is 2.05. The number of carbonyl (C=O) groups excluding carboxylic acids is 1. The van der Waals surface area contributed by atoms with Crippen LogP contribution in [-0.4, -0.2) is 26.2 Å². The van der Waals surface area contributed by atoms with Crippen molar-refractivity contribution in [3.63, 3.8) is 0 Å².